The Kier molecular flexibility index (Phi) is 6.91. The molecule has 1 N–H and O–H groups in total. The second-order valence-electron chi connectivity index (χ2n) is 6.53. The molecule has 28 heavy (non-hydrogen) atoms. The van der Waals surface area contributed by atoms with Gasteiger partial charge in [-0.15, -0.1) is 0 Å². The molecule has 0 radical (unpaired) electrons. The quantitative estimate of drug-likeness (QED) is 0.667. The maximum absolute atomic E-state index is 13.5. The zero-order valence-electron chi connectivity index (χ0n) is 15.5. The van der Waals surface area contributed by atoms with E-state index in [1.165, 1.54) is 16.7 Å². The maximum atomic E-state index is 13.5. The van der Waals surface area contributed by atoms with Crippen molar-refractivity contribution in [2.75, 3.05) is 24.5 Å². The summed E-state index contributed by atoms with van der Waals surface area (Å²) in [5, 5.41) is 10.8. The SMILES string of the molecule is CCCC1=C(C(=O)N(CCC(=O)O)c2cc(Cl)cc(Cl)c2)SC2=NCCCN21. The van der Waals surface area contributed by atoms with Crippen LogP contribution in [0.15, 0.2) is 33.8 Å². The lowest BCUT2D eigenvalue weighted by atomic mass is 10.2. The molecule has 0 aliphatic carbocycles. The number of aliphatic carboxylic acids is 1. The molecule has 0 aromatic heterocycles. The van der Waals surface area contributed by atoms with E-state index in [2.05, 4.69) is 16.8 Å². The summed E-state index contributed by atoms with van der Waals surface area (Å²) in [5.41, 5.74) is 1.45. The molecule has 0 saturated heterocycles. The van der Waals surface area contributed by atoms with E-state index < -0.39 is 5.97 Å². The van der Waals surface area contributed by atoms with Crippen LogP contribution in [0.3, 0.4) is 0 Å². The fourth-order valence-corrected chi connectivity index (χ4v) is 4.91. The minimum atomic E-state index is -0.977. The van der Waals surface area contributed by atoms with Gasteiger partial charge in [0, 0.05) is 41.1 Å². The predicted molar refractivity (Wildman–Crippen MR) is 114 cm³/mol. The third kappa shape index (κ3) is 4.64. The van der Waals surface area contributed by atoms with Crippen molar-refractivity contribution in [2.24, 2.45) is 4.99 Å². The number of benzene rings is 1. The summed E-state index contributed by atoms with van der Waals surface area (Å²) in [4.78, 5) is 33.4. The van der Waals surface area contributed by atoms with E-state index in [9.17, 15) is 9.59 Å². The van der Waals surface area contributed by atoms with Crippen LogP contribution in [0.4, 0.5) is 5.69 Å². The molecular formula is C19H21Cl2N3O3S. The number of anilines is 1. The number of carboxylic acids is 1. The van der Waals surface area contributed by atoms with Gasteiger partial charge in [-0.1, -0.05) is 36.5 Å². The van der Waals surface area contributed by atoms with Crippen molar-refractivity contribution < 1.29 is 14.7 Å². The molecule has 1 amide bonds. The lowest BCUT2D eigenvalue weighted by Crippen LogP contribution is -2.34. The fraction of sp³-hybridized carbons (Fsp3) is 0.421. The van der Waals surface area contributed by atoms with Crippen molar-refractivity contribution in [3.05, 3.63) is 38.8 Å². The molecule has 0 spiro atoms. The smallest absolute Gasteiger partial charge is 0.305 e. The first-order valence-electron chi connectivity index (χ1n) is 9.13. The van der Waals surface area contributed by atoms with Gasteiger partial charge in [0.2, 0.25) is 0 Å². The Bertz CT molecular complexity index is 837. The van der Waals surface area contributed by atoms with Gasteiger partial charge in [-0.05, 0) is 42.8 Å². The van der Waals surface area contributed by atoms with Gasteiger partial charge in [0.25, 0.3) is 5.91 Å². The highest BCUT2D eigenvalue weighted by Gasteiger charge is 2.36. The van der Waals surface area contributed by atoms with E-state index in [4.69, 9.17) is 28.3 Å². The molecule has 9 heteroatoms. The third-order valence-electron chi connectivity index (χ3n) is 4.43. The summed E-state index contributed by atoms with van der Waals surface area (Å²) >= 11 is 13.6. The van der Waals surface area contributed by atoms with Crippen molar-refractivity contribution >= 4 is 57.7 Å². The number of hydrogen-bond donors (Lipinski definition) is 1. The number of aliphatic imine (C=N–C) groups is 1. The Morgan fingerprint density at radius 1 is 1.29 bits per heavy atom. The highest BCUT2D eigenvalue weighted by molar-refractivity contribution is 8.18. The number of carboxylic acid groups (broad SMARTS) is 1. The van der Waals surface area contributed by atoms with Crippen molar-refractivity contribution in [3.8, 4) is 0 Å². The topological polar surface area (TPSA) is 73.2 Å². The van der Waals surface area contributed by atoms with Crippen LogP contribution in [0.25, 0.3) is 0 Å². The summed E-state index contributed by atoms with van der Waals surface area (Å²) in [5.74, 6) is -1.22. The van der Waals surface area contributed by atoms with Crippen LogP contribution in [0, 0.1) is 0 Å². The van der Waals surface area contributed by atoms with E-state index in [1.807, 2.05) is 0 Å². The molecular weight excluding hydrogens is 421 g/mol. The molecule has 150 valence electrons. The van der Waals surface area contributed by atoms with Crippen molar-refractivity contribution in [2.45, 2.75) is 32.6 Å². The molecule has 1 aromatic carbocycles. The second-order valence-corrected chi connectivity index (χ2v) is 8.38. The summed E-state index contributed by atoms with van der Waals surface area (Å²) in [7, 11) is 0. The Hall–Kier alpha value is -1.70. The van der Waals surface area contributed by atoms with E-state index in [0.717, 1.165) is 43.2 Å². The maximum Gasteiger partial charge on any atom is 0.305 e. The summed E-state index contributed by atoms with van der Waals surface area (Å²) in [6, 6.07) is 4.82. The predicted octanol–water partition coefficient (Wildman–Crippen LogP) is 4.62. The van der Waals surface area contributed by atoms with E-state index >= 15 is 0 Å². The van der Waals surface area contributed by atoms with Crippen molar-refractivity contribution in [1.82, 2.24) is 4.90 Å². The summed E-state index contributed by atoms with van der Waals surface area (Å²) < 4.78 is 0. The minimum absolute atomic E-state index is 0.0286. The number of fused-ring (bicyclic) bond motifs is 1. The second kappa shape index (κ2) is 9.20. The number of thioether (sulfide) groups is 1. The molecule has 1 aromatic rings. The number of amidine groups is 1. The Balaban J connectivity index is 1.99. The number of carbonyl (C=O) groups excluding carboxylic acids is 1. The van der Waals surface area contributed by atoms with Gasteiger partial charge in [-0.3, -0.25) is 14.6 Å². The largest absolute Gasteiger partial charge is 0.481 e. The van der Waals surface area contributed by atoms with Crippen LogP contribution < -0.4 is 4.90 Å². The number of halogens is 2. The molecule has 2 aliphatic heterocycles. The van der Waals surface area contributed by atoms with E-state index in [0.29, 0.717) is 20.6 Å². The molecule has 0 bridgehead atoms. The third-order valence-corrected chi connectivity index (χ3v) is 6.02. The monoisotopic (exact) mass is 441 g/mol. The normalized spacial score (nSPS) is 16.1. The lowest BCUT2D eigenvalue weighted by Gasteiger charge is -2.25. The molecule has 0 atom stereocenters. The molecule has 3 rings (SSSR count). The van der Waals surface area contributed by atoms with Gasteiger partial charge < -0.3 is 14.9 Å². The van der Waals surface area contributed by atoms with Crippen LogP contribution in [-0.2, 0) is 9.59 Å². The Labute approximate surface area is 178 Å². The highest BCUT2D eigenvalue weighted by atomic mass is 35.5. The number of nitrogens with zero attached hydrogens (tertiary/aromatic N) is 3. The van der Waals surface area contributed by atoms with E-state index in [-0.39, 0.29) is 18.9 Å². The van der Waals surface area contributed by atoms with Crippen LogP contribution >= 0.6 is 35.0 Å². The number of allylic oxidation sites excluding steroid dienone is 1. The number of amides is 1. The average molecular weight is 442 g/mol. The fourth-order valence-electron chi connectivity index (χ4n) is 3.22. The van der Waals surface area contributed by atoms with Gasteiger partial charge in [0.1, 0.15) is 4.91 Å². The van der Waals surface area contributed by atoms with Crippen LogP contribution in [-0.4, -0.2) is 46.7 Å². The summed E-state index contributed by atoms with van der Waals surface area (Å²) in [6.07, 6.45) is 2.43. The van der Waals surface area contributed by atoms with Crippen molar-refractivity contribution in [3.63, 3.8) is 0 Å². The van der Waals surface area contributed by atoms with Gasteiger partial charge >= 0.3 is 5.97 Å². The standard InChI is InChI=1S/C19H21Cl2N3O3S/c1-2-4-15-17(28-19-22-6-3-7-24(15)19)18(27)23(8-5-16(25)26)14-10-12(20)9-13(21)11-14/h9-11H,2-8H2,1H3,(H,25,26). The van der Waals surface area contributed by atoms with Gasteiger partial charge in [0.15, 0.2) is 5.17 Å². The molecule has 6 nitrogen and oxygen atoms in total. The molecule has 0 fully saturated rings. The summed E-state index contributed by atoms with van der Waals surface area (Å²) in [6.45, 7) is 3.70. The molecule has 0 unspecified atom stereocenters. The molecule has 2 aliphatic rings. The first-order valence-corrected chi connectivity index (χ1v) is 10.7. The van der Waals surface area contributed by atoms with E-state index in [1.54, 1.807) is 18.2 Å². The zero-order valence-corrected chi connectivity index (χ0v) is 17.8. The number of hydrogen-bond acceptors (Lipinski definition) is 5. The molecule has 0 saturated carbocycles. The first kappa shape index (κ1) is 21.0. The zero-order chi connectivity index (χ0) is 20.3. The molecule has 2 heterocycles. The van der Waals surface area contributed by atoms with Crippen LogP contribution in [0.5, 0.6) is 0 Å². The van der Waals surface area contributed by atoms with Gasteiger partial charge in [-0.25, -0.2) is 0 Å². The number of rotatable bonds is 7. The van der Waals surface area contributed by atoms with Crippen molar-refractivity contribution in [1.29, 1.82) is 0 Å². The van der Waals surface area contributed by atoms with Crippen LogP contribution in [0.2, 0.25) is 10.0 Å². The van der Waals surface area contributed by atoms with Crippen LogP contribution in [0.1, 0.15) is 32.6 Å². The highest BCUT2D eigenvalue weighted by Crippen LogP contribution is 2.40. The Morgan fingerprint density at radius 3 is 2.64 bits per heavy atom. The van der Waals surface area contributed by atoms with Gasteiger partial charge in [-0.2, -0.15) is 0 Å². The lowest BCUT2D eigenvalue weighted by molar-refractivity contribution is -0.136. The minimum Gasteiger partial charge on any atom is -0.481 e. The number of carbonyl (C=O) groups is 2. The van der Waals surface area contributed by atoms with Gasteiger partial charge in [0.05, 0.1) is 6.42 Å². The Morgan fingerprint density at radius 2 is 2.00 bits per heavy atom. The first-order chi connectivity index (χ1) is 13.4. The average Bonchev–Trinajstić information content (AvgIpc) is 3.00.